The van der Waals surface area contributed by atoms with E-state index in [1.54, 1.807) is 36.4 Å². The average molecular weight is 393 g/mol. The van der Waals surface area contributed by atoms with Gasteiger partial charge in [-0.05, 0) is 75.1 Å². The first-order valence-electron chi connectivity index (χ1n) is 9.96. The molecule has 6 heteroatoms. The van der Waals surface area contributed by atoms with Crippen LogP contribution in [0.2, 0.25) is 0 Å². The second-order valence-corrected chi connectivity index (χ2v) is 7.59. The molecule has 0 saturated carbocycles. The number of carbonyl (C=O) groups is 3. The van der Waals surface area contributed by atoms with E-state index in [1.807, 2.05) is 17.9 Å². The van der Waals surface area contributed by atoms with Gasteiger partial charge < -0.3 is 15.5 Å². The predicted octanol–water partition coefficient (Wildman–Crippen LogP) is 4.22. The van der Waals surface area contributed by atoms with Gasteiger partial charge in [0.15, 0.2) is 0 Å². The number of piperidine rings is 1. The lowest BCUT2D eigenvalue weighted by Gasteiger charge is -2.33. The van der Waals surface area contributed by atoms with Crippen LogP contribution in [-0.2, 0) is 4.79 Å². The lowest BCUT2D eigenvalue weighted by molar-refractivity contribution is -0.114. The number of hydrogen-bond acceptors (Lipinski definition) is 3. The summed E-state index contributed by atoms with van der Waals surface area (Å²) < 4.78 is 0. The van der Waals surface area contributed by atoms with Crippen molar-refractivity contribution < 1.29 is 14.4 Å². The minimum atomic E-state index is -0.274. The third kappa shape index (κ3) is 5.02. The predicted molar refractivity (Wildman–Crippen MR) is 114 cm³/mol. The lowest BCUT2D eigenvalue weighted by atomic mass is 10.0. The molecule has 1 heterocycles. The molecule has 1 aliphatic heterocycles. The monoisotopic (exact) mass is 393 g/mol. The second kappa shape index (κ2) is 8.90. The van der Waals surface area contributed by atoms with Crippen molar-refractivity contribution >= 4 is 29.1 Å². The minimum Gasteiger partial charge on any atom is -0.336 e. The Balaban J connectivity index is 1.73. The Morgan fingerprint density at radius 1 is 1.00 bits per heavy atom. The van der Waals surface area contributed by atoms with E-state index < -0.39 is 0 Å². The molecule has 0 bridgehead atoms. The highest BCUT2D eigenvalue weighted by Crippen LogP contribution is 2.23. The third-order valence-electron chi connectivity index (χ3n) is 5.23. The van der Waals surface area contributed by atoms with Crippen molar-refractivity contribution in [2.24, 2.45) is 0 Å². The maximum Gasteiger partial charge on any atom is 0.255 e. The van der Waals surface area contributed by atoms with Gasteiger partial charge in [0, 0.05) is 42.0 Å². The third-order valence-corrected chi connectivity index (χ3v) is 5.23. The van der Waals surface area contributed by atoms with Gasteiger partial charge in [0.1, 0.15) is 0 Å². The molecule has 1 aliphatic rings. The Hall–Kier alpha value is -3.15. The highest BCUT2D eigenvalue weighted by molar-refractivity contribution is 6.06. The Morgan fingerprint density at radius 2 is 1.79 bits per heavy atom. The summed E-state index contributed by atoms with van der Waals surface area (Å²) in [5.41, 5.74) is 3.13. The molecule has 3 amide bonds. The first-order chi connectivity index (χ1) is 13.8. The number of nitrogens with one attached hydrogen (secondary N) is 2. The maximum absolute atomic E-state index is 12.8. The van der Waals surface area contributed by atoms with Gasteiger partial charge >= 0.3 is 0 Å². The summed E-state index contributed by atoms with van der Waals surface area (Å²) in [7, 11) is 0. The number of aryl methyl sites for hydroxylation is 1. The number of rotatable bonds is 4. The number of carbonyl (C=O) groups excluding carboxylic acids is 3. The molecular weight excluding hydrogens is 366 g/mol. The molecule has 0 radical (unpaired) electrons. The number of anilines is 2. The molecule has 1 fully saturated rings. The van der Waals surface area contributed by atoms with Crippen LogP contribution in [0.25, 0.3) is 0 Å². The number of hydrogen-bond donors (Lipinski definition) is 2. The quantitative estimate of drug-likeness (QED) is 0.816. The summed E-state index contributed by atoms with van der Waals surface area (Å²) >= 11 is 0. The molecule has 1 atom stereocenters. The van der Waals surface area contributed by atoms with Gasteiger partial charge in [-0.15, -0.1) is 0 Å². The molecule has 0 aliphatic carbocycles. The minimum absolute atomic E-state index is 0.0428. The zero-order valence-electron chi connectivity index (χ0n) is 17.1. The SMILES string of the molecule is CC(=O)Nc1cccc(C(=O)Nc2ccc(C(=O)N3CCCCC3C)cc2C)c1. The number of amides is 3. The fourth-order valence-corrected chi connectivity index (χ4v) is 3.64. The Labute approximate surface area is 171 Å². The van der Waals surface area contributed by atoms with Crippen molar-refractivity contribution in [3.8, 4) is 0 Å². The van der Waals surface area contributed by atoms with Gasteiger partial charge in [0.05, 0.1) is 0 Å². The number of benzene rings is 2. The summed E-state index contributed by atoms with van der Waals surface area (Å²) in [5, 5.41) is 5.55. The Kier molecular flexibility index (Phi) is 6.32. The summed E-state index contributed by atoms with van der Waals surface area (Å²) in [5.74, 6) is -0.424. The molecule has 2 aromatic carbocycles. The van der Waals surface area contributed by atoms with Crippen LogP contribution in [0.4, 0.5) is 11.4 Å². The van der Waals surface area contributed by atoms with Crippen molar-refractivity contribution in [2.75, 3.05) is 17.2 Å². The van der Waals surface area contributed by atoms with Crippen LogP contribution >= 0.6 is 0 Å². The standard InChI is InChI=1S/C23H27N3O3/c1-15-13-19(23(29)26-12-5-4-7-16(26)2)10-11-21(15)25-22(28)18-8-6-9-20(14-18)24-17(3)27/h6,8-11,13-14,16H,4-5,7,12H2,1-3H3,(H,24,27)(H,25,28). The Morgan fingerprint density at radius 3 is 2.48 bits per heavy atom. The van der Waals surface area contributed by atoms with Crippen LogP contribution < -0.4 is 10.6 Å². The van der Waals surface area contributed by atoms with Crippen LogP contribution in [0.15, 0.2) is 42.5 Å². The lowest BCUT2D eigenvalue weighted by Crippen LogP contribution is -2.42. The molecule has 3 rings (SSSR count). The van der Waals surface area contributed by atoms with E-state index in [2.05, 4.69) is 17.6 Å². The van der Waals surface area contributed by atoms with Gasteiger partial charge in [-0.25, -0.2) is 0 Å². The van der Waals surface area contributed by atoms with Crippen LogP contribution in [0.1, 0.15) is 59.4 Å². The van der Waals surface area contributed by atoms with E-state index in [1.165, 1.54) is 6.92 Å². The van der Waals surface area contributed by atoms with Crippen LogP contribution in [0.3, 0.4) is 0 Å². The Bertz CT molecular complexity index is 939. The highest BCUT2D eigenvalue weighted by atomic mass is 16.2. The van der Waals surface area contributed by atoms with E-state index in [9.17, 15) is 14.4 Å². The molecule has 29 heavy (non-hydrogen) atoms. The van der Waals surface area contributed by atoms with Crippen molar-refractivity contribution in [3.05, 3.63) is 59.2 Å². The smallest absolute Gasteiger partial charge is 0.255 e. The molecule has 2 aromatic rings. The number of nitrogens with zero attached hydrogens (tertiary/aromatic N) is 1. The van der Waals surface area contributed by atoms with E-state index in [4.69, 9.17) is 0 Å². The van der Waals surface area contributed by atoms with Gasteiger partial charge in [-0.2, -0.15) is 0 Å². The van der Waals surface area contributed by atoms with Gasteiger partial charge in [0.25, 0.3) is 11.8 Å². The normalized spacial score (nSPS) is 16.2. The average Bonchev–Trinajstić information content (AvgIpc) is 2.69. The van der Waals surface area contributed by atoms with Crippen molar-refractivity contribution in [1.82, 2.24) is 4.90 Å². The molecule has 1 saturated heterocycles. The van der Waals surface area contributed by atoms with Crippen LogP contribution in [-0.4, -0.2) is 35.2 Å². The maximum atomic E-state index is 12.8. The zero-order valence-corrected chi connectivity index (χ0v) is 17.1. The van der Waals surface area contributed by atoms with E-state index >= 15 is 0 Å². The molecule has 152 valence electrons. The summed E-state index contributed by atoms with van der Waals surface area (Å²) in [4.78, 5) is 38.6. The summed E-state index contributed by atoms with van der Waals surface area (Å²) in [6, 6.07) is 12.4. The highest BCUT2D eigenvalue weighted by Gasteiger charge is 2.24. The molecule has 0 aromatic heterocycles. The van der Waals surface area contributed by atoms with Crippen molar-refractivity contribution in [2.45, 2.75) is 46.1 Å². The van der Waals surface area contributed by atoms with Crippen molar-refractivity contribution in [1.29, 1.82) is 0 Å². The van der Waals surface area contributed by atoms with E-state index in [-0.39, 0.29) is 23.8 Å². The van der Waals surface area contributed by atoms with Crippen LogP contribution in [0, 0.1) is 6.92 Å². The number of likely N-dealkylation sites (tertiary alicyclic amines) is 1. The van der Waals surface area contributed by atoms with E-state index in [0.29, 0.717) is 22.5 Å². The van der Waals surface area contributed by atoms with Crippen molar-refractivity contribution in [3.63, 3.8) is 0 Å². The first-order valence-corrected chi connectivity index (χ1v) is 9.96. The summed E-state index contributed by atoms with van der Waals surface area (Å²) in [6.07, 6.45) is 3.25. The molecular formula is C23H27N3O3. The van der Waals surface area contributed by atoms with Gasteiger partial charge in [-0.3, -0.25) is 14.4 Å². The topological polar surface area (TPSA) is 78.5 Å². The van der Waals surface area contributed by atoms with E-state index in [0.717, 1.165) is 31.4 Å². The fraction of sp³-hybridized carbons (Fsp3) is 0.348. The molecule has 6 nitrogen and oxygen atoms in total. The summed E-state index contributed by atoms with van der Waals surface area (Å²) in [6.45, 7) is 6.18. The molecule has 1 unspecified atom stereocenters. The largest absolute Gasteiger partial charge is 0.336 e. The molecule has 2 N–H and O–H groups in total. The van der Waals surface area contributed by atoms with Gasteiger partial charge in [-0.1, -0.05) is 6.07 Å². The van der Waals surface area contributed by atoms with Gasteiger partial charge in [0.2, 0.25) is 5.91 Å². The second-order valence-electron chi connectivity index (χ2n) is 7.59. The fourth-order valence-electron chi connectivity index (χ4n) is 3.64. The molecule has 0 spiro atoms. The first kappa shape index (κ1) is 20.6. The zero-order chi connectivity index (χ0) is 21.0. The van der Waals surface area contributed by atoms with Crippen LogP contribution in [0.5, 0.6) is 0 Å².